The van der Waals surface area contributed by atoms with Crippen LogP contribution in [-0.4, -0.2) is 36.1 Å². The van der Waals surface area contributed by atoms with E-state index >= 15 is 0 Å². The second-order valence-electron chi connectivity index (χ2n) is 5.57. The summed E-state index contributed by atoms with van der Waals surface area (Å²) in [7, 11) is 0. The predicted octanol–water partition coefficient (Wildman–Crippen LogP) is 1.67. The standard InChI is InChI=1S/C16H21FN6/c1-2-13-14(15(18)21-16(19)20-13)23-9-7-22(8-10-23)12-5-3-11(17)4-6-12/h3-6H,2,7-10H2,1H3,(H4,18,19,20,21). The molecule has 7 heteroatoms. The van der Waals surface area contributed by atoms with Crippen LogP contribution < -0.4 is 21.3 Å². The fraction of sp³-hybridized carbons (Fsp3) is 0.375. The highest BCUT2D eigenvalue weighted by atomic mass is 19.1. The Kier molecular flexibility index (Phi) is 4.18. The minimum Gasteiger partial charge on any atom is -0.382 e. The van der Waals surface area contributed by atoms with E-state index in [1.165, 1.54) is 12.1 Å². The number of piperazine rings is 1. The van der Waals surface area contributed by atoms with Crippen molar-refractivity contribution in [3.63, 3.8) is 0 Å². The summed E-state index contributed by atoms with van der Waals surface area (Å²) in [4.78, 5) is 12.8. The number of aromatic nitrogens is 2. The monoisotopic (exact) mass is 316 g/mol. The molecule has 0 atom stereocenters. The van der Waals surface area contributed by atoms with Crippen LogP contribution in [0.15, 0.2) is 24.3 Å². The lowest BCUT2D eigenvalue weighted by molar-refractivity contribution is 0.624. The highest BCUT2D eigenvalue weighted by molar-refractivity contribution is 5.68. The molecule has 0 radical (unpaired) electrons. The zero-order valence-corrected chi connectivity index (χ0v) is 13.2. The first kappa shape index (κ1) is 15.3. The van der Waals surface area contributed by atoms with Gasteiger partial charge in [-0.1, -0.05) is 6.92 Å². The number of nitrogen functional groups attached to an aromatic ring is 2. The maximum Gasteiger partial charge on any atom is 0.222 e. The molecule has 0 saturated carbocycles. The van der Waals surface area contributed by atoms with Gasteiger partial charge in [0.1, 0.15) is 11.5 Å². The molecule has 1 aromatic carbocycles. The smallest absolute Gasteiger partial charge is 0.222 e. The van der Waals surface area contributed by atoms with E-state index in [0.29, 0.717) is 5.82 Å². The first-order chi connectivity index (χ1) is 11.1. The molecule has 6 nitrogen and oxygen atoms in total. The molecular weight excluding hydrogens is 295 g/mol. The summed E-state index contributed by atoms with van der Waals surface area (Å²) < 4.78 is 13.0. The van der Waals surface area contributed by atoms with E-state index in [2.05, 4.69) is 19.8 Å². The molecule has 1 aliphatic rings. The molecule has 23 heavy (non-hydrogen) atoms. The van der Waals surface area contributed by atoms with Gasteiger partial charge in [0, 0.05) is 31.9 Å². The summed E-state index contributed by atoms with van der Waals surface area (Å²) in [6.07, 6.45) is 0.754. The number of aryl methyl sites for hydroxylation is 1. The second-order valence-corrected chi connectivity index (χ2v) is 5.57. The van der Waals surface area contributed by atoms with Crippen LogP contribution in [0.25, 0.3) is 0 Å². The maximum absolute atomic E-state index is 13.0. The van der Waals surface area contributed by atoms with Gasteiger partial charge < -0.3 is 21.3 Å². The normalized spacial score (nSPS) is 15.0. The molecule has 1 saturated heterocycles. The average Bonchev–Trinajstić information content (AvgIpc) is 2.55. The van der Waals surface area contributed by atoms with Gasteiger partial charge in [-0.2, -0.15) is 4.98 Å². The third-order valence-corrected chi connectivity index (χ3v) is 4.12. The van der Waals surface area contributed by atoms with Gasteiger partial charge in [-0.25, -0.2) is 9.37 Å². The molecule has 1 aromatic heterocycles. The van der Waals surface area contributed by atoms with Gasteiger partial charge >= 0.3 is 0 Å². The first-order valence-electron chi connectivity index (χ1n) is 7.75. The molecule has 0 unspecified atom stereocenters. The van der Waals surface area contributed by atoms with Gasteiger partial charge in [-0.05, 0) is 30.7 Å². The van der Waals surface area contributed by atoms with Crippen molar-refractivity contribution in [3.8, 4) is 0 Å². The van der Waals surface area contributed by atoms with Crippen molar-refractivity contribution in [2.75, 3.05) is 47.4 Å². The molecule has 3 rings (SSSR count). The highest BCUT2D eigenvalue weighted by Crippen LogP contribution is 2.28. The Morgan fingerprint density at radius 1 is 1.00 bits per heavy atom. The molecule has 2 heterocycles. The number of hydrogen-bond acceptors (Lipinski definition) is 6. The van der Waals surface area contributed by atoms with Crippen molar-refractivity contribution < 1.29 is 4.39 Å². The molecule has 122 valence electrons. The van der Waals surface area contributed by atoms with Gasteiger partial charge in [-0.3, -0.25) is 0 Å². The van der Waals surface area contributed by atoms with Crippen LogP contribution in [-0.2, 0) is 6.42 Å². The number of hydrogen-bond donors (Lipinski definition) is 2. The Morgan fingerprint density at radius 2 is 1.61 bits per heavy atom. The van der Waals surface area contributed by atoms with E-state index in [1.807, 2.05) is 19.1 Å². The molecule has 0 aliphatic carbocycles. The van der Waals surface area contributed by atoms with E-state index in [9.17, 15) is 4.39 Å². The topological polar surface area (TPSA) is 84.3 Å². The molecule has 1 fully saturated rings. The van der Waals surface area contributed by atoms with Gasteiger partial charge in [0.05, 0.1) is 5.69 Å². The van der Waals surface area contributed by atoms with E-state index in [0.717, 1.165) is 49.7 Å². The van der Waals surface area contributed by atoms with Crippen molar-refractivity contribution in [1.29, 1.82) is 0 Å². The lowest BCUT2D eigenvalue weighted by Gasteiger charge is -2.38. The Bertz CT molecular complexity index is 680. The number of benzene rings is 1. The van der Waals surface area contributed by atoms with Crippen molar-refractivity contribution in [2.45, 2.75) is 13.3 Å². The molecule has 0 amide bonds. The lowest BCUT2D eigenvalue weighted by Crippen LogP contribution is -2.47. The summed E-state index contributed by atoms with van der Waals surface area (Å²) >= 11 is 0. The van der Waals surface area contributed by atoms with Crippen LogP contribution >= 0.6 is 0 Å². The fourth-order valence-corrected chi connectivity index (χ4v) is 2.97. The molecular formula is C16H21FN6. The Labute approximate surface area is 134 Å². The molecule has 0 spiro atoms. The van der Waals surface area contributed by atoms with Crippen LogP contribution in [0.5, 0.6) is 0 Å². The van der Waals surface area contributed by atoms with E-state index in [4.69, 9.17) is 11.5 Å². The largest absolute Gasteiger partial charge is 0.382 e. The highest BCUT2D eigenvalue weighted by Gasteiger charge is 2.22. The summed E-state index contributed by atoms with van der Waals surface area (Å²) in [6.45, 7) is 5.31. The SMILES string of the molecule is CCc1nc(N)nc(N)c1N1CCN(c2ccc(F)cc2)CC1. The van der Waals surface area contributed by atoms with Gasteiger partial charge in [0.15, 0.2) is 5.82 Å². The lowest BCUT2D eigenvalue weighted by atomic mass is 10.2. The minimum atomic E-state index is -0.216. The van der Waals surface area contributed by atoms with Gasteiger partial charge in [0.2, 0.25) is 5.95 Å². The molecule has 0 bridgehead atoms. The van der Waals surface area contributed by atoms with Crippen molar-refractivity contribution in [1.82, 2.24) is 9.97 Å². The van der Waals surface area contributed by atoms with Gasteiger partial charge in [-0.15, -0.1) is 0 Å². The fourth-order valence-electron chi connectivity index (χ4n) is 2.97. The molecule has 4 N–H and O–H groups in total. The van der Waals surface area contributed by atoms with Gasteiger partial charge in [0.25, 0.3) is 0 Å². The predicted molar refractivity (Wildman–Crippen MR) is 91.1 cm³/mol. The molecule has 2 aromatic rings. The number of nitrogens with zero attached hydrogens (tertiary/aromatic N) is 4. The van der Waals surface area contributed by atoms with Crippen LogP contribution in [0.4, 0.5) is 27.5 Å². The van der Waals surface area contributed by atoms with Crippen LogP contribution in [0.3, 0.4) is 0 Å². The number of anilines is 4. The summed E-state index contributed by atoms with van der Waals surface area (Å²) in [5.74, 6) is 0.435. The quantitative estimate of drug-likeness (QED) is 0.896. The number of rotatable bonds is 3. The van der Waals surface area contributed by atoms with Crippen LogP contribution in [0.2, 0.25) is 0 Å². The number of halogens is 1. The second kappa shape index (κ2) is 6.28. The number of nitrogens with two attached hydrogens (primary N) is 2. The zero-order chi connectivity index (χ0) is 16.4. The van der Waals surface area contributed by atoms with Crippen molar-refractivity contribution in [2.24, 2.45) is 0 Å². The van der Waals surface area contributed by atoms with Crippen LogP contribution in [0, 0.1) is 5.82 Å². The summed E-state index contributed by atoms with van der Waals surface area (Å²) in [5, 5.41) is 0. The summed E-state index contributed by atoms with van der Waals surface area (Å²) in [5.41, 5.74) is 14.5. The Balaban J connectivity index is 1.75. The minimum absolute atomic E-state index is 0.216. The summed E-state index contributed by atoms with van der Waals surface area (Å²) in [6, 6.07) is 6.59. The zero-order valence-electron chi connectivity index (χ0n) is 13.2. The Hall–Kier alpha value is -2.57. The molecule has 1 aliphatic heterocycles. The van der Waals surface area contributed by atoms with Crippen LogP contribution in [0.1, 0.15) is 12.6 Å². The first-order valence-corrected chi connectivity index (χ1v) is 7.75. The third kappa shape index (κ3) is 3.13. The van der Waals surface area contributed by atoms with E-state index in [-0.39, 0.29) is 11.8 Å². The maximum atomic E-state index is 13.0. The Morgan fingerprint density at radius 3 is 2.22 bits per heavy atom. The van der Waals surface area contributed by atoms with E-state index in [1.54, 1.807) is 0 Å². The van der Waals surface area contributed by atoms with Crippen molar-refractivity contribution in [3.05, 3.63) is 35.8 Å². The third-order valence-electron chi connectivity index (χ3n) is 4.12. The van der Waals surface area contributed by atoms with E-state index < -0.39 is 0 Å². The average molecular weight is 316 g/mol. The van der Waals surface area contributed by atoms with Crippen molar-refractivity contribution >= 4 is 23.1 Å².